The van der Waals surface area contributed by atoms with Crippen molar-refractivity contribution in [3.63, 3.8) is 0 Å². The smallest absolute Gasteiger partial charge is 0.274 e. The quantitative estimate of drug-likeness (QED) is 0.633. The molecule has 114 valence electrons. The highest BCUT2D eigenvalue weighted by atomic mass is 79.9. The van der Waals surface area contributed by atoms with Crippen LogP contribution in [0.25, 0.3) is 0 Å². The highest BCUT2D eigenvalue weighted by Gasteiger charge is 2.33. The molecule has 2 rings (SSSR count). The minimum Gasteiger partial charge on any atom is -0.379 e. The van der Waals surface area contributed by atoms with Gasteiger partial charge in [-0.3, -0.25) is 14.9 Å². The van der Waals surface area contributed by atoms with Gasteiger partial charge >= 0.3 is 0 Å². The summed E-state index contributed by atoms with van der Waals surface area (Å²) >= 11 is 3.32. The lowest BCUT2D eigenvalue weighted by atomic mass is 10.0. The molecule has 8 heteroatoms. The van der Waals surface area contributed by atoms with Gasteiger partial charge in [-0.1, -0.05) is 0 Å². The van der Waals surface area contributed by atoms with Crippen molar-refractivity contribution in [2.75, 3.05) is 25.6 Å². The number of nitro benzene ring substituents is 1. The fraction of sp³-hybridized carbons (Fsp3) is 0.462. The molecule has 0 aliphatic carbocycles. The molecule has 0 saturated carbocycles. The number of rotatable bonds is 4. The van der Waals surface area contributed by atoms with Crippen LogP contribution in [-0.2, 0) is 9.53 Å². The van der Waals surface area contributed by atoms with E-state index >= 15 is 0 Å². The second-order valence-electron chi connectivity index (χ2n) is 4.90. The van der Waals surface area contributed by atoms with Gasteiger partial charge < -0.3 is 15.4 Å². The van der Waals surface area contributed by atoms with E-state index in [-0.39, 0.29) is 23.6 Å². The molecule has 2 unspecified atom stereocenters. The van der Waals surface area contributed by atoms with Crippen LogP contribution in [-0.4, -0.2) is 37.1 Å². The summed E-state index contributed by atoms with van der Waals surface area (Å²) in [6, 6.07) is 2.93. The van der Waals surface area contributed by atoms with Crippen molar-refractivity contribution < 1.29 is 14.5 Å². The molecule has 1 amide bonds. The average Bonchev–Trinajstić information content (AvgIpc) is 2.89. The standard InChI is InChI=1S/C13H16BrN3O4/c1-7-3-9(14)10(4-12(7)17(19)20)16-13(18)8-5-21-6-11(8)15-2/h3-4,8,11,15H,5-6H2,1-2H3,(H,16,18). The molecule has 1 aromatic rings. The Balaban J connectivity index is 2.21. The Kier molecular flexibility index (Phi) is 4.92. The van der Waals surface area contributed by atoms with E-state index < -0.39 is 4.92 Å². The molecule has 1 saturated heterocycles. The molecule has 2 atom stereocenters. The van der Waals surface area contributed by atoms with Gasteiger partial charge in [0.05, 0.1) is 29.7 Å². The van der Waals surface area contributed by atoms with Crippen molar-refractivity contribution in [3.8, 4) is 0 Å². The zero-order chi connectivity index (χ0) is 15.6. The van der Waals surface area contributed by atoms with Gasteiger partial charge in [-0.15, -0.1) is 0 Å². The predicted octanol–water partition coefficient (Wildman–Crippen LogP) is 1.84. The van der Waals surface area contributed by atoms with Crippen LogP contribution in [0.1, 0.15) is 5.56 Å². The highest BCUT2D eigenvalue weighted by Crippen LogP contribution is 2.31. The van der Waals surface area contributed by atoms with E-state index in [0.29, 0.717) is 28.9 Å². The van der Waals surface area contributed by atoms with Gasteiger partial charge in [-0.05, 0) is 36.0 Å². The van der Waals surface area contributed by atoms with Crippen molar-refractivity contribution in [2.24, 2.45) is 5.92 Å². The van der Waals surface area contributed by atoms with E-state index in [1.165, 1.54) is 6.07 Å². The molecule has 2 N–H and O–H groups in total. The van der Waals surface area contributed by atoms with E-state index in [2.05, 4.69) is 26.6 Å². The maximum atomic E-state index is 12.3. The minimum absolute atomic E-state index is 0.0265. The molecule has 0 radical (unpaired) electrons. The first-order chi connectivity index (χ1) is 9.93. The minimum atomic E-state index is -0.466. The van der Waals surface area contributed by atoms with Gasteiger partial charge in [-0.25, -0.2) is 0 Å². The second-order valence-corrected chi connectivity index (χ2v) is 5.76. The van der Waals surface area contributed by atoms with E-state index in [1.807, 2.05) is 0 Å². The molecule has 0 bridgehead atoms. The molecular weight excluding hydrogens is 342 g/mol. The van der Waals surface area contributed by atoms with Crippen molar-refractivity contribution >= 4 is 33.2 Å². The van der Waals surface area contributed by atoms with Gasteiger partial charge in [0, 0.05) is 22.1 Å². The summed E-state index contributed by atoms with van der Waals surface area (Å²) in [6.07, 6.45) is 0. The summed E-state index contributed by atoms with van der Waals surface area (Å²) in [6.45, 7) is 2.46. The number of likely N-dealkylation sites (N-methyl/N-ethyl adjacent to an activating group) is 1. The number of nitro groups is 1. The molecule has 21 heavy (non-hydrogen) atoms. The third-order valence-electron chi connectivity index (χ3n) is 3.53. The molecule has 0 aromatic heterocycles. The van der Waals surface area contributed by atoms with Crippen LogP contribution in [0, 0.1) is 23.0 Å². The molecule has 1 aromatic carbocycles. The van der Waals surface area contributed by atoms with Crippen LogP contribution >= 0.6 is 15.9 Å². The van der Waals surface area contributed by atoms with Crippen LogP contribution in [0.15, 0.2) is 16.6 Å². The summed E-state index contributed by atoms with van der Waals surface area (Å²) < 4.78 is 5.90. The number of aryl methyl sites for hydroxylation is 1. The molecule has 1 fully saturated rings. The van der Waals surface area contributed by atoms with Crippen molar-refractivity contribution in [3.05, 3.63) is 32.3 Å². The Labute approximate surface area is 130 Å². The fourth-order valence-corrected chi connectivity index (χ4v) is 2.83. The molecule has 1 aliphatic heterocycles. The molecule has 1 heterocycles. The Morgan fingerprint density at radius 1 is 1.48 bits per heavy atom. The van der Waals surface area contributed by atoms with Crippen LogP contribution in [0.3, 0.4) is 0 Å². The van der Waals surface area contributed by atoms with Crippen LogP contribution in [0.5, 0.6) is 0 Å². The first kappa shape index (κ1) is 15.9. The Bertz CT molecular complexity index is 579. The summed E-state index contributed by atoms with van der Waals surface area (Å²) in [5.74, 6) is -0.534. The van der Waals surface area contributed by atoms with Crippen LogP contribution in [0.2, 0.25) is 0 Å². The third kappa shape index (κ3) is 3.39. The van der Waals surface area contributed by atoms with Gasteiger partial charge in [-0.2, -0.15) is 0 Å². The molecular formula is C13H16BrN3O4. The van der Waals surface area contributed by atoms with Crippen molar-refractivity contribution in [1.82, 2.24) is 5.32 Å². The number of ether oxygens (including phenoxy) is 1. The second kappa shape index (κ2) is 6.50. The lowest BCUT2D eigenvalue weighted by molar-refractivity contribution is -0.385. The number of anilines is 1. The van der Waals surface area contributed by atoms with E-state index in [4.69, 9.17) is 4.74 Å². The van der Waals surface area contributed by atoms with E-state index in [1.54, 1.807) is 20.0 Å². The third-order valence-corrected chi connectivity index (χ3v) is 4.18. The van der Waals surface area contributed by atoms with E-state index in [9.17, 15) is 14.9 Å². The summed E-state index contributed by atoms with van der Waals surface area (Å²) in [5, 5.41) is 16.7. The highest BCUT2D eigenvalue weighted by molar-refractivity contribution is 9.10. The number of nitrogens with zero attached hydrogens (tertiary/aromatic N) is 1. The Morgan fingerprint density at radius 3 is 2.81 bits per heavy atom. The average molecular weight is 358 g/mol. The maximum Gasteiger partial charge on any atom is 0.274 e. The monoisotopic (exact) mass is 357 g/mol. The SMILES string of the molecule is CNC1COCC1C(=O)Nc1cc([N+](=O)[O-])c(C)cc1Br. The van der Waals surface area contributed by atoms with Gasteiger partial charge in [0.2, 0.25) is 5.91 Å². The fourth-order valence-electron chi connectivity index (χ4n) is 2.28. The Morgan fingerprint density at radius 2 is 2.19 bits per heavy atom. The van der Waals surface area contributed by atoms with E-state index in [0.717, 1.165) is 0 Å². The lowest BCUT2D eigenvalue weighted by Gasteiger charge is -2.17. The first-order valence-electron chi connectivity index (χ1n) is 6.44. The molecule has 7 nitrogen and oxygen atoms in total. The number of hydrogen-bond acceptors (Lipinski definition) is 5. The zero-order valence-corrected chi connectivity index (χ0v) is 13.3. The number of amides is 1. The van der Waals surface area contributed by atoms with Crippen molar-refractivity contribution in [2.45, 2.75) is 13.0 Å². The summed E-state index contributed by atoms with van der Waals surface area (Å²) in [5.41, 5.74) is 0.891. The number of carbonyl (C=O) groups excluding carboxylic acids is 1. The number of halogens is 1. The van der Waals surface area contributed by atoms with Crippen molar-refractivity contribution in [1.29, 1.82) is 0 Å². The van der Waals surface area contributed by atoms with Crippen LogP contribution in [0.4, 0.5) is 11.4 Å². The Hall–Kier alpha value is -1.51. The first-order valence-corrected chi connectivity index (χ1v) is 7.23. The number of nitrogens with one attached hydrogen (secondary N) is 2. The number of benzene rings is 1. The van der Waals surface area contributed by atoms with Crippen LogP contribution < -0.4 is 10.6 Å². The predicted molar refractivity (Wildman–Crippen MR) is 81.3 cm³/mol. The van der Waals surface area contributed by atoms with Gasteiger partial charge in [0.15, 0.2) is 0 Å². The largest absolute Gasteiger partial charge is 0.379 e. The number of hydrogen-bond donors (Lipinski definition) is 2. The normalized spacial score (nSPS) is 21.3. The zero-order valence-electron chi connectivity index (χ0n) is 11.7. The van der Waals surface area contributed by atoms with Gasteiger partial charge in [0.1, 0.15) is 0 Å². The van der Waals surface area contributed by atoms with Gasteiger partial charge in [0.25, 0.3) is 5.69 Å². The lowest BCUT2D eigenvalue weighted by Crippen LogP contribution is -2.39. The maximum absolute atomic E-state index is 12.3. The topological polar surface area (TPSA) is 93.5 Å². The summed E-state index contributed by atoms with van der Waals surface area (Å²) in [7, 11) is 1.77. The summed E-state index contributed by atoms with van der Waals surface area (Å²) in [4.78, 5) is 22.8. The number of carbonyl (C=O) groups is 1. The molecule has 0 spiro atoms. The molecule has 1 aliphatic rings.